The van der Waals surface area contributed by atoms with E-state index in [2.05, 4.69) is 0 Å². The summed E-state index contributed by atoms with van der Waals surface area (Å²) < 4.78 is 0. The third-order valence-corrected chi connectivity index (χ3v) is 3.22. The smallest absolute Gasteiger partial charge is 0.262 e. The molecule has 0 spiro atoms. The summed E-state index contributed by atoms with van der Waals surface area (Å²) in [6.07, 6.45) is 0. The molecule has 2 aromatic carbocycles. The first-order valence-corrected chi connectivity index (χ1v) is 6.68. The van der Waals surface area contributed by atoms with E-state index in [1.54, 1.807) is 24.3 Å². The minimum Gasteiger partial charge on any atom is -0.507 e. The Morgan fingerprint density at radius 3 is 2.57 bits per heavy atom. The third-order valence-electron chi connectivity index (χ3n) is 2.99. The van der Waals surface area contributed by atoms with Gasteiger partial charge in [0, 0.05) is 11.6 Å². The summed E-state index contributed by atoms with van der Waals surface area (Å²) >= 11 is 5.76. The van der Waals surface area contributed by atoms with Crippen LogP contribution >= 0.6 is 11.6 Å². The summed E-state index contributed by atoms with van der Waals surface area (Å²) in [7, 11) is 0. The number of carbonyl (C=O) groups is 1. The minimum atomic E-state index is -0.462. The second kappa shape index (κ2) is 6.47. The molecule has 0 unspecified atom stereocenters. The summed E-state index contributed by atoms with van der Waals surface area (Å²) in [6, 6.07) is 11.1. The predicted octanol–water partition coefficient (Wildman–Crippen LogP) is 2.27. The molecule has 0 heterocycles. The number of nitrogen functional groups attached to an aromatic ring is 1. The van der Waals surface area contributed by atoms with Crippen LogP contribution in [0.4, 0.5) is 11.4 Å². The van der Waals surface area contributed by atoms with Crippen molar-refractivity contribution in [3.8, 4) is 5.75 Å². The molecule has 0 saturated carbocycles. The molecule has 6 heteroatoms. The third kappa shape index (κ3) is 3.26. The number of phenols is 1. The summed E-state index contributed by atoms with van der Waals surface area (Å²) in [4.78, 5) is 13.9. The number of para-hydroxylation sites is 2. The average molecular weight is 307 g/mol. The van der Waals surface area contributed by atoms with Crippen molar-refractivity contribution in [2.45, 2.75) is 0 Å². The van der Waals surface area contributed by atoms with Gasteiger partial charge >= 0.3 is 0 Å². The molecule has 0 aliphatic rings. The first-order chi connectivity index (χ1) is 10.0. The van der Waals surface area contributed by atoms with Crippen molar-refractivity contribution < 1.29 is 15.0 Å². The Bertz CT molecular complexity index is 661. The first kappa shape index (κ1) is 15.2. The van der Waals surface area contributed by atoms with Crippen LogP contribution in [0.25, 0.3) is 0 Å². The average Bonchev–Trinajstić information content (AvgIpc) is 2.45. The summed E-state index contributed by atoms with van der Waals surface area (Å²) in [5.41, 5.74) is 6.85. The SMILES string of the molecule is Nc1ccccc1N(CCO)C(=O)c1ccc(Cl)cc1O. The molecule has 1 amide bonds. The van der Waals surface area contributed by atoms with Crippen molar-refractivity contribution in [3.63, 3.8) is 0 Å². The molecule has 2 aromatic rings. The van der Waals surface area contributed by atoms with Gasteiger partial charge in [-0.2, -0.15) is 0 Å². The van der Waals surface area contributed by atoms with Crippen molar-refractivity contribution in [3.05, 3.63) is 53.1 Å². The number of aromatic hydroxyl groups is 1. The predicted molar refractivity (Wildman–Crippen MR) is 82.7 cm³/mol. The fourth-order valence-electron chi connectivity index (χ4n) is 2.00. The summed E-state index contributed by atoms with van der Waals surface area (Å²) in [6.45, 7) is -0.163. The Hall–Kier alpha value is -2.24. The second-order valence-corrected chi connectivity index (χ2v) is 4.84. The molecule has 0 aliphatic carbocycles. The van der Waals surface area contributed by atoms with Crippen molar-refractivity contribution in [1.82, 2.24) is 0 Å². The topological polar surface area (TPSA) is 86.8 Å². The van der Waals surface area contributed by atoms with Crippen LogP contribution < -0.4 is 10.6 Å². The molecule has 0 aromatic heterocycles. The highest BCUT2D eigenvalue weighted by Crippen LogP contribution is 2.28. The maximum Gasteiger partial charge on any atom is 0.262 e. The van der Waals surface area contributed by atoms with Crippen LogP contribution in [0.3, 0.4) is 0 Å². The van der Waals surface area contributed by atoms with Crippen LogP contribution in [0, 0.1) is 0 Å². The largest absolute Gasteiger partial charge is 0.507 e. The molecule has 0 bridgehead atoms. The maximum absolute atomic E-state index is 12.6. The highest BCUT2D eigenvalue weighted by atomic mass is 35.5. The number of aliphatic hydroxyl groups excluding tert-OH is 1. The van der Waals surface area contributed by atoms with E-state index in [4.69, 9.17) is 17.3 Å². The number of aliphatic hydroxyl groups is 1. The number of rotatable bonds is 4. The first-order valence-electron chi connectivity index (χ1n) is 6.30. The van der Waals surface area contributed by atoms with E-state index in [1.807, 2.05) is 0 Å². The summed E-state index contributed by atoms with van der Waals surface area (Å²) in [5, 5.41) is 19.4. The molecule has 4 N–H and O–H groups in total. The van der Waals surface area contributed by atoms with Crippen LogP contribution in [0.2, 0.25) is 5.02 Å². The summed E-state index contributed by atoms with van der Waals surface area (Å²) in [5.74, 6) is -0.680. The van der Waals surface area contributed by atoms with Crippen molar-refractivity contribution in [2.75, 3.05) is 23.8 Å². The number of amides is 1. The standard InChI is InChI=1S/C15H15ClN2O3/c16-10-5-6-11(14(20)9-10)15(21)18(7-8-19)13-4-2-1-3-12(13)17/h1-6,9,19-20H,7-8,17H2. The molecule has 0 aliphatic heterocycles. The second-order valence-electron chi connectivity index (χ2n) is 4.40. The number of carbonyl (C=O) groups excluding carboxylic acids is 1. The van der Waals surface area contributed by atoms with Gasteiger partial charge in [-0.05, 0) is 30.3 Å². The maximum atomic E-state index is 12.6. The highest BCUT2D eigenvalue weighted by Gasteiger charge is 2.21. The normalized spacial score (nSPS) is 10.4. The molecule has 0 radical (unpaired) electrons. The molecule has 110 valence electrons. The van der Waals surface area contributed by atoms with Crippen molar-refractivity contribution in [2.24, 2.45) is 0 Å². The Morgan fingerprint density at radius 2 is 1.95 bits per heavy atom. The number of anilines is 2. The monoisotopic (exact) mass is 306 g/mol. The minimum absolute atomic E-state index is 0.0646. The lowest BCUT2D eigenvalue weighted by Gasteiger charge is -2.23. The Balaban J connectivity index is 2.43. The zero-order chi connectivity index (χ0) is 15.4. The van der Waals surface area contributed by atoms with Gasteiger partial charge in [0.1, 0.15) is 5.75 Å². The fraction of sp³-hybridized carbons (Fsp3) is 0.133. The number of nitrogens with zero attached hydrogens (tertiary/aromatic N) is 1. The van der Waals surface area contributed by atoms with Gasteiger partial charge in [0.2, 0.25) is 0 Å². The van der Waals surface area contributed by atoms with Gasteiger partial charge in [0.05, 0.1) is 23.5 Å². The Kier molecular flexibility index (Phi) is 4.67. The van der Waals surface area contributed by atoms with Crippen LogP contribution in [0.5, 0.6) is 5.75 Å². The van der Waals surface area contributed by atoms with Gasteiger partial charge in [-0.1, -0.05) is 23.7 Å². The zero-order valence-electron chi connectivity index (χ0n) is 11.2. The lowest BCUT2D eigenvalue weighted by Crippen LogP contribution is -2.34. The molecule has 5 nitrogen and oxygen atoms in total. The van der Waals surface area contributed by atoms with Crippen LogP contribution in [-0.4, -0.2) is 29.3 Å². The van der Waals surface area contributed by atoms with E-state index < -0.39 is 5.91 Å². The van der Waals surface area contributed by atoms with Crippen LogP contribution in [0.1, 0.15) is 10.4 Å². The van der Waals surface area contributed by atoms with Crippen molar-refractivity contribution in [1.29, 1.82) is 0 Å². The van der Waals surface area contributed by atoms with E-state index in [9.17, 15) is 15.0 Å². The van der Waals surface area contributed by atoms with E-state index in [1.165, 1.54) is 23.1 Å². The number of benzene rings is 2. The van der Waals surface area contributed by atoms with Gasteiger partial charge in [-0.3, -0.25) is 4.79 Å². The van der Waals surface area contributed by atoms with Gasteiger partial charge in [-0.15, -0.1) is 0 Å². The van der Waals surface area contributed by atoms with Gasteiger partial charge in [0.25, 0.3) is 5.91 Å². The number of hydrogen-bond acceptors (Lipinski definition) is 4. The molecule has 0 atom stereocenters. The van der Waals surface area contributed by atoms with E-state index in [0.29, 0.717) is 16.4 Å². The quantitative estimate of drug-likeness (QED) is 0.756. The van der Waals surface area contributed by atoms with Crippen LogP contribution in [-0.2, 0) is 0 Å². The number of nitrogens with two attached hydrogens (primary N) is 1. The number of halogens is 1. The molecule has 0 saturated heterocycles. The molecule has 0 fully saturated rings. The van der Waals surface area contributed by atoms with E-state index in [-0.39, 0.29) is 24.5 Å². The molecular weight excluding hydrogens is 292 g/mol. The zero-order valence-corrected chi connectivity index (χ0v) is 11.9. The Morgan fingerprint density at radius 1 is 1.24 bits per heavy atom. The lowest BCUT2D eigenvalue weighted by atomic mass is 10.1. The number of hydrogen-bond donors (Lipinski definition) is 3. The van der Waals surface area contributed by atoms with E-state index >= 15 is 0 Å². The fourth-order valence-corrected chi connectivity index (χ4v) is 2.16. The van der Waals surface area contributed by atoms with E-state index in [0.717, 1.165) is 0 Å². The Labute approximate surface area is 127 Å². The highest BCUT2D eigenvalue weighted by molar-refractivity contribution is 6.31. The van der Waals surface area contributed by atoms with Gasteiger partial charge in [-0.25, -0.2) is 0 Å². The molecular formula is C15H15ClN2O3. The van der Waals surface area contributed by atoms with Crippen molar-refractivity contribution >= 4 is 28.9 Å². The molecule has 2 rings (SSSR count). The number of phenolic OH excluding ortho intramolecular Hbond substituents is 1. The lowest BCUT2D eigenvalue weighted by molar-refractivity contribution is 0.0978. The van der Waals surface area contributed by atoms with Gasteiger partial charge in [0.15, 0.2) is 0 Å². The molecule has 21 heavy (non-hydrogen) atoms. The van der Waals surface area contributed by atoms with Gasteiger partial charge < -0.3 is 20.8 Å². The van der Waals surface area contributed by atoms with Crippen LogP contribution in [0.15, 0.2) is 42.5 Å².